The number of esters is 1. The third kappa shape index (κ3) is 5.72. The third-order valence-corrected chi connectivity index (χ3v) is 4.44. The van der Waals surface area contributed by atoms with Crippen LogP contribution in [-0.2, 0) is 14.3 Å². The van der Waals surface area contributed by atoms with Crippen LogP contribution in [0.4, 0.5) is 5.69 Å². The number of carbonyl (C=O) groups is 3. The Morgan fingerprint density at radius 3 is 2.46 bits per heavy atom. The summed E-state index contributed by atoms with van der Waals surface area (Å²) in [5.74, 6) is -0.879. The highest BCUT2D eigenvalue weighted by atomic mass is 16.5. The lowest BCUT2D eigenvalue weighted by molar-refractivity contribution is -0.123. The molecule has 2 amide bonds. The number of ether oxygens (including phenoxy) is 1. The number of hydrogen-bond donors (Lipinski definition) is 1. The second-order valence-corrected chi connectivity index (χ2v) is 6.35. The van der Waals surface area contributed by atoms with E-state index < -0.39 is 5.97 Å². The van der Waals surface area contributed by atoms with Crippen LogP contribution in [0.1, 0.15) is 49.4 Å². The summed E-state index contributed by atoms with van der Waals surface area (Å²) in [7, 11) is 1.31. The van der Waals surface area contributed by atoms with Gasteiger partial charge < -0.3 is 15.0 Å². The maximum absolute atomic E-state index is 12.2. The van der Waals surface area contributed by atoms with Crippen LogP contribution in [0, 0.1) is 0 Å². The molecule has 26 heavy (non-hydrogen) atoms. The number of amides is 2. The fourth-order valence-corrected chi connectivity index (χ4v) is 2.97. The second kappa shape index (κ2) is 9.75. The van der Waals surface area contributed by atoms with Gasteiger partial charge in [-0.25, -0.2) is 4.79 Å². The van der Waals surface area contributed by atoms with Gasteiger partial charge >= 0.3 is 5.97 Å². The molecule has 6 nitrogen and oxygen atoms in total. The monoisotopic (exact) mass is 358 g/mol. The number of hydrogen-bond acceptors (Lipinski definition) is 4. The zero-order valence-corrected chi connectivity index (χ0v) is 15.4. The predicted octanol–water partition coefficient (Wildman–Crippen LogP) is 2.83. The Balaban J connectivity index is 1.90. The van der Waals surface area contributed by atoms with E-state index >= 15 is 0 Å². The Morgan fingerprint density at radius 1 is 1.15 bits per heavy atom. The van der Waals surface area contributed by atoms with Crippen molar-refractivity contribution in [2.75, 3.05) is 25.1 Å². The van der Waals surface area contributed by atoms with E-state index in [1.165, 1.54) is 37.3 Å². The molecule has 0 fully saturated rings. The first-order valence-electron chi connectivity index (χ1n) is 8.92. The second-order valence-electron chi connectivity index (χ2n) is 6.35. The van der Waals surface area contributed by atoms with E-state index in [0.29, 0.717) is 17.8 Å². The Kier molecular flexibility index (Phi) is 7.38. The van der Waals surface area contributed by atoms with Crippen LogP contribution >= 0.6 is 0 Å². The molecule has 0 heterocycles. The quantitative estimate of drug-likeness (QED) is 0.601. The van der Waals surface area contributed by atoms with Gasteiger partial charge in [-0.05, 0) is 56.4 Å². The van der Waals surface area contributed by atoms with E-state index in [0.717, 1.165) is 19.3 Å². The maximum Gasteiger partial charge on any atom is 0.337 e. The van der Waals surface area contributed by atoms with Crippen molar-refractivity contribution >= 4 is 23.5 Å². The lowest BCUT2D eigenvalue weighted by atomic mass is 9.97. The lowest BCUT2D eigenvalue weighted by Crippen LogP contribution is -2.40. The van der Waals surface area contributed by atoms with Crippen molar-refractivity contribution in [1.82, 2.24) is 5.32 Å². The molecule has 0 atom stereocenters. The maximum atomic E-state index is 12.2. The molecule has 1 aliphatic rings. The standard InChI is InChI=1S/C20H26N2O4/c1-15(23)22(18-10-8-17(9-11-18)20(25)26-2)14-19(24)21-13-12-16-6-4-3-5-7-16/h6,8-11H,3-5,7,12-14H2,1-2H3,(H,21,24). The largest absolute Gasteiger partial charge is 0.465 e. The molecule has 1 aliphatic carbocycles. The molecule has 0 aromatic heterocycles. The van der Waals surface area contributed by atoms with Gasteiger partial charge in [0.1, 0.15) is 6.54 Å². The van der Waals surface area contributed by atoms with Gasteiger partial charge in [0.15, 0.2) is 0 Å². The Hall–Kier alpha value is -2.63. The minimum absolute atomic E-state index is 0.0497. The zero-order valence-electron chi connectivity index (χ0n) is 15.4. The molecule has 140 valence electrons. The molecule has 0 saturated heterocycles. The average Bonchev–Trinajstić information content (AvgIpc) is 2.66. The van der Waals surface area contributed by atoms with Crippen LogP contribution in [0.2, 0.25) is 0 Å². The predicted molar refractivity (Wildman–Crippen MR) is 100.0 cm³/mol. The van der Waals surface area contributed by atoms with Crippen molar-refractivity contribution in [1.29, 1.82) is 0 Å². The van der Waals surface area contributed by atoms with Crippen molar-refractivity contribution in [2.45, 2.75) is 39.0 Å². The van der Waals surface area contributed by atoms with Crippen LogP contribution in [0.15, 0.2) is 35.9 Å². The van der Waals surface area contributed by atoms with Crippen LogP contribution in [-0.4, -0.2) is 38.0 Å². The van der Waals surface area contributed by atoms with Crippen molar-refractivity contribution in [3.63, 3.8) is 0 Å². The number of nitrogens with one attached hydrogen (secondary N) is 1. The molecule has 0 radical (unpaired) electrons. The van der Waals surface area contributed by atoms with E-state index in [1.807, 2.05) is 0 Å². The number of rotatable bonds is 7. The number of benzene rings is 1. The van der Waals surface area contributed by atoms with Crippen LogP contribution in [0.5, 0.6) is 0 Å². The van der Waals surface area contributed by atoms with Crippen LogP contribution in [0.3, 0.4) is 0 Å². The summed E-state index contributed by atoms with van der Waals surface area (Å²) in [4.78, 5) is 37.0. The summed E-state index contributed by atoms with van der Waals surface area (Å²) in [6.07, 6.45) is 7.84. The topological polar surface area (TPSA) is 75.7 Å². The molecule has 0 spiro atoms. The van der Waals surface area contributed by atoms with E-state index in [2.05, 4.69) is 16.1 Å². The minimum Gasteiger partial charge on any atom is -0.465 e. The fourth-order valence-electron chi connectivity index (χ4n) is 2.97. The molecule has 1 N–H and O–H groups in total. The van der Waals surface area contributed by atoms with Gasteiger partial charge in [0.05, 0.1) is 12.7 Å². The summed E-state index contributed by atoms with van der Waals surface area (Å²) in [5.41, 5.74) is 2.36. The smallest absolute Gasteiger partial charge is 0.337 e. The van der Waals surface area contributed by atoms with E-state index in [-0.39, 0.29) is 18.4 Å². The molecule has 1 aromatic carbocycles. The average molecular weight is 358 g/mol. The van der Waals surface area contributed by atoms with Crippen molar-refractivity contribution in [3.8, 4) is 0 Å². The highest BCUT2D eigenvalue weighted by molar-refractivity contribution is 5.98. The first-order valence-corrected chi connectivity index (χ1v) is 8.92. The van der Waals surface area contributed by atoms with Crippen LogP contribution in [0.25, 0.3) is 0 Å². The molecule has 0 saturated carbocycles. The molecule has 0 bridgehead atoms. The Labute approximate surface area is 154 Å². The third-order valence-electron chi connectivity index (χ3n) is 4.44. The first-order chi connectivity index (χ1) is 12.5. The zero-order chi connectivity index (χ0) is 18.9. The van der Waals surface area contributed by atoms with Crippen molar-refractivity contribution in [2.24, 2.45) is 0 Å². The van der Waals surface area contributed by atoms with Gasteiger partial charge in [0.25, 0.3) is 0 Å². The molecule has 0 unspecified atom stereocenters. The molecule has 6 heteroatoms. The molecule has 1 aromatic rings. The molecule has 2 rings (SSSR count). The van der Waals surface area contributed by atoms with Gasteiger partial charge in [0, 0.05) is 19.2 Å². The lowest BCUT2D eigenvalue weighted by Gasteiger charge is -2.21. The SMILES string of the molecule is COC(=O)c1ccc(N(CC(=O)NCCC2=CCCCC2)C(C)=O)cc1. The number of methoxy groups -OCH3 is 1. The van der Waals surface area contributed by atoms with Crippen molar-refractivity contribution < 1.29 is 19.1 Å². The summed E-state index contributed by atoms with van der Waals surface area (Å²) in [5, 5.41) is 2.88. The van der Waals surface area contributed by atoms with Crippen molar-refractivity contribution in [3.05, 3.63) is 41.5 Å². The fraction of sp³-hybridized carbons (Fsp3) is 0.450. The van der Waals surface area contributed by atoms with Gasteiger partial charge in [-0.3, -0.25) is 9.59 Å². The number of anilines is 1. The summed E-state index contributed by atoms with van der Waals surface area (Å²) in [6, 6.07) is 6.41. The van der Waals surface area contributed by atoms with E-state index in [9.17, 15) is 14.4 Å². The summed E-state index contributed by atoms with van der Waals surface area (Å²) < 4.78 is 4.65. The number of carbonyl (C=O) groups excluding carboxylic acids is 3. The number of allylic oxidation sites excluding steroid dienone is 1. The summed E-state index contributed by atoms with van der Waals surface area (Å²) in [6.45, 7) is 1.94. The highest BCUT2D eigenvalue weighted by Crippen LogP contribution is 2.19. The Morgan fingerprint density at radius 2 is 1.88 bits per heavy atom. The normalized spacial score (nSPS) is 13.5. The number of nitrogens with zero attached hydrogens (tertiary/aromatic N) is 1. The minimum atomic E-state index is -0.444. The van der Waals surface area contributed by atoms with Gasteiger partial charge in [-0.2, -0.15) is 0 Å². The van der Waals surface area contributed by atoms with Gasteiger partial charge in [-0.15, -0.1) is 0 Å². The molecular formula is C20H26N2O4. The van der Waals surface area contributed by atoms with Gasteiger partial charge in [0.2, 0.25) is 11.8 Å². The van der Waals surface area contributed by atoms with Crippen LogP contribution < -0.4 is 10.2 Å². The molecule has 0 aliphatic heterocycles. The van der Waals surface area contributed by atoms with Gasteiger partial charge in [-0.1, -0.05) is 11.6 Å². The highest BCUT2D eigenvalue weighted by Gasteiger charge is 2.16. The summed E-state index contributed by atoms with van der Waals surface area (Å²) >= 11 is 0. The molecular weight excluding hydrogens is 332 g/mol. The Bertz CT molecular complexity index is 680. The van der Waals surface area contributed by atoms with E-state index in [1.54, 1.807) is 24.3 Å². The first kappa shape index (κ1) is 19.7. The van der Waals surface area contributed by atoms with E-state index in [4.69, 9.17) is 0 Å².